The highest BCUT2D eigenvalue weighted by molar-refractivity contribution is 5.15. The Hall–Kier alpha value is -0.590. The van der Waals surface area contributed by atoms with Crippen LogP contribution in [0.15, 0.2) is 0 Å². The van der Waals surface area contributed by atoms with Crippen LogP contribution in [-0.4, -0.2) is 35.6 Å². The highest BCUT2D eigenvalue weighted by Crippen LogP contribution is 2.37. The van der Waals surface area contributed by atoms with Gasteiger partial charge in [0.05, 0.1) is 6.07 Å². The van der Waals surface area contributed by atoms with E-state index in [4.69, 9.17) is 0 Å². The lowest BCUT2D eigenvalue weighted by Gasteiger charge is -2.37. The SMILES string of the molecule is CCC1CCCN(C2CCC(C#N)(NC3CC3)C2)C1. The van der Waals surface area contributed by atoms with Gasteiger partial charge >= 0.3 is 0 Å². The molecule has 3 fully saturated rings. The molecule has 3 nitrogen and oxygen atoms in total. The first-order valence-corrected chi connectivity index (χ1v) is 8.17. The molecule has 1 saturated heterocycles. The Morgan fingerprint density at radius 2 is 2.16 bits per heavy atom. The van der Waals surface area contributed by atoms with Gasteiger partial charge in [-0.3, -0.25) is 5.32 Å². The lowest BCUT2D eigenvalue weighted by molar-refractivity contribution is 0.119. The maximum Gasteiger partial charge on any atom is 0.108 e. The largest absolute Gasteiger partial charge is 0.300 e. The van der Waals surface area contributed by atoms with Crippen LogP contribution in [0.2, 0.25) is 0 Å². The quantitative estimate of drug-likeness (QED) is 0.845. The topological polar surface area (TPSA) is 39.1 Å². The molecule has 3 rings (SSSR count). The van der Waals surface area contributed by atoms with E-state index in [1.807, 2.05) is 0 Å². The first-order chi connectivity index (χ1) is 9.24. The lowest BCUT2D eigenvalue weighted by atomic mass is 9.93. The van der Waals surface area contributed by atoms with Gasteiger partial charge in [0.1, 0.15) is 5.54 Å². The Morgan fingerprint density at radius 3 is 2.84 bits per heavy atom. The van der Waals surface area contributed by atoms with Crippen molar-refractivity contribution >= 4 is 0 Å². The van der Waals surface area contributed by atoms with Gasteiger partial charge in [0, 0.05) is 18.6 Å². The van der Waals surface area contributed by atoms with Crippen LogP contribution in [0, 0.1) is 17.2 Å². The minimum atomic E-state index is -0.203. The highest BCUT2D eigenvalue weighted by atomic mass is 15.2. The third kappa shape index (κ3) is 2.95. The third-order valence-electron chi connectivity index (χ3n) is 5.40. The van der Waals surface area contributed by atoms with Crippen LogP contribution in [0.25, 0.3) is 0 Å². The molecule has 0 aromatic rings. The van der Waals surface area contributed by atoms with E-state index in [0.29, 0.717) is 12.1 Å². The number of hydrogen-bond donors (Lipinski definition) is 1. The smallest absolute Gasteiger partial charge is 0.108 e. The number of nitrogens with zero attached hydrogens (tertiary/aromatic N) is 2. The third-order valence-corrected chi connectivity index (χ3v) is 5.40. The van der Waals surface area contributed by atoms with Crippen LogP contribution in [0.3, 0.4) is 0 Å². The van der Waals surface area contributed by atoms with Gasteiger partial charge in [-0.1, -0.05) is 13.3 Å². The van der Waals surface area contributed by atoms with E-state index in [-0.39, 0.29) is 5.54 Å². The summed E-state index contributed by atoms with van der Waals surface area (Å²) in [6, 6.07) is 3.90. The molecule has 3 heteroatoms. The number of hydrogen-bond acceptors (Lipinski definition) is 3. The Kier molecular flexibility index (Phi) is 3.82. The average Bonchev–Trinajstić information content (AvgIpc) is 3.16. The zero-order valence-corrected chi connectivity index (χ0v) is 12.2. The Labute approximate surface area is 117 Å². The van der Waals surface area contributed by atoms with Crippen LogP contribution >= 0.6 is 0 Å². The van der Waals surface area contributed by atoms with E-state index in [2.05, 4.69) is 23.2 Å². The van der Waals surface area contributed by atoms with E-state index in [1.54, 1.807) is 0 Å². The van der Waals surface area contributed by atoms with Gasteiger partial charge in [-0.25, -0.2) is 0 Å². The maximum atomic E-state index is 9.58. The second kappa shape index (κ2) is 5.42. The predicted molar refractivity (Wildman–Crippen MR) is 76.7 cm³/mol. The van der Waals surface area contributed by atoms with Crippen LogP contribution in [0.1, 0.15) is 58.3 Å². The Balaban J connectivity index is 1.59. The minimum absolute atomic E-state index is 0.203. The summed E-state index contributed by atoms with van der Waals surface area (Å²) in [5.41, 5.74) is -0.203. The van der Waals surface area contributed by atoms with Crippen molar-refractivity contribution < 1.29 is 0 Å². The summed E-state index contributed by atoms with van der Waals surface area (Å²) < 4.78 is 0. The second-order valence-corrected chi connectivity index (χ2v) is 6.92. The molecule has 0 bridgehead atoms. The van der Waals surface area contributed by atoms with Gasteiger partial charge in [-0.2, -0.15) is 5.26 Å². The molecule has 1 aliphatic heterocycles. The van der Waals surface area contributed by atoms with Gasteiger partial charge in [-0.15, -0.1) is 0 Å². The van der Waals surface area contributed by atoms with E-state index in [0.717, 1.165) is 18.8 Å². The molecule has 0 spiro atoms. The fourth-order valence-electron chi connectivity index (χ4n) is 3.98. The summed E-state index contributed by atoms with van der Waals surface area (Å²) in [6.07, 6.45) is 9.94. The van der Waals surface area contributed by atoms with Crippen molar-refractivity contribution in [2.75, 3.05) is 13.1 Å². The number of nitriles is 1. The Bertz CT molecular complexity index is 357. The molecule has 0 radical (unpaired) electrons. The zero-order chi connectivity index (χ0) is 13.3. The van der Waals surface area contributed by atoms with Crippen molar-refractivity contribution in [3.8, 4) is 6.07 Å². The van der Waals surface area contributed by atoms with Crippen molar-refractivity contribution in [2.45, 2.75) is 75.9 Å². The average molecular weight is 261 g/mol. The number of piperidine rings is 1. The number of likely N-dealkylation sites (tertiary alicyclic amines) is 1. The highest BCUT2D eigenvalue weighted by Gasteiger charge is 2.44. The molecule has 0 aromatic carbocycles. The molecular formula is C16H27N3. The van der Waals surface area contributed by atoms with Gasteiger partial charge < -0.3 is 4.90 Å². The summed E-state index contributed by atoms with van der Waals surface area (Å²) in [5.74, 6) is 0.891. The molecule has 19 heavy (non-hydrogen) atoms. The molecule has 2 saturated carbocycles. The molecule has 0 amide bonds. The molecule has 0 aromatic heterocycles. The van der Waals surface area contributed by atoms with E-state index < -0.39 is 0 Å². The van der Waals surface area contributed by atoms with E-state index in [1.165, 1.54) is 51.6 Å². The van der Waals surface area contributed by atoms with Gasteiger partial charge in [0.2, 0.25) is 0 Å². The fraction of sp³-hybridized carbons (Fsp3) is 0.938. The maximum absolute atomic E-state index is 9.58. The standard InChI is InChI=1S/C16H27N3/c1-2-13-4-3-9-19(11-13)15-7-8-16(10-15,12-17)18-14-5-6-14/h13-15,18H,2-11H2,1H3. The minimum Gasteiger partial charge on any atom is -0.300 e. The predicted octanol–water partition coefficient (Wildman–Crippen LogP) is 2.68. The van der Waals surface area contributed by atoms with E-state index in [9.17, 15) is 5.26 Å². The first-order valence-electron chi connectivity index (χ1n) is 8.17. The molecule has 3 atom stereocenters. The lowest BCUT2D eigenvalue weighted by Crippen LogP contribution is -2.46. The molecule has 1 N–H and O–H groups in total. The monoisotopic (exact) mass is 261 g/mol. The number of nitrogens with one attached hydrogen (secondary N) is 1. The summed E-state index contributed by atoms with van der Waals surface area (Å²) in [4.78, 5) is 2.69. The van der Waals surface area contributed by atoms with Gasteiger partial charge in [0.15, 0.2) is 0 Å². The molecule has 2 aliphatic carbocycles. The van der Waals surface area contributed by atoms with Crippen LogP contribution in [0.5, 0.6) is 0 Å². The zero-order valence-electron chi connectivity index (χ0n) is 12.2. The van der Waals surface area contributed by atoms with Crippen molar-refractivity contribution in [1.82, 2.24) is 10.2 Å². The summed E-state index contributed by atoms with van der Waals surface area (Å²) >= 11 is 0. The molecule has 106 valence electrons. The van der Waals surface area contributed by atoms with Crippen molar-refractivity contribution in [1.29, 1.82) is 5.26 Å². The summed E-state index contributed by atoms with van der Waals surface area (Å²) in [7, 11) is 0. The van der Waals surface area contributed by atoms with E-state index >= 15 is 0 Å². The summed E-state index contributed by atoms with van der Waals surface area (Å²) in [6.45, 7) is 4.84. The molecule has 3 aliphatic rings. The normalized spacial score (nSPS) is 40.2. The molecular weight excluding hydrogens is 234 g/mol. The Morgan fingerprint density at radius 1 is 1.32 bits per heavy atom. The van der Waals surface area contributed by atoms with Crippen LogP contribution < -0.4 is 5.32 Å². The van der Waals surface area contributed by atoms with Crippen LogP contribution in [-0.2, 0) is 0 Å². The molecule has 3 unspecified atom stereocenters. The first kappa shape index (κ1) is 13.4. The van der Waals surface area contributed by atoms with Crippen molar-refractivity contribution in [3.63, 3.8) is 0 Å². The fourth-order valence-corrected chi connectivity index (χ4v) is 3.98. The molecule has 1 heterocycles. The second-order valence-electron chi connectivity index (χ2n) is 6.92. The number of rotatable bonds is 4. The summed E-state index contributed by atoms with van der Waals surface area (Å²) in [5, 5.41) is 13.2. The van der Waals surface area contributed by atoms with Crippen molar-refractivity contribution in [3.05, 3.63) is 0 Å². The van der Waals surface area contributed by atoms with Crippen LogP contribution in [0.4, 0.5) is 0 Å². The van der Waals surface area contributed by atoms with Crippen molar-refractivity contribution in [2.24, 2.45) is 5.92 Å². The van der Waals surface area contributed by atoms with Gasteiger partial charge in [-0.05, 0) is 57.4 Å². The van der Waals surface area contributed by atoms with Gasteiger partial charge in [0.25, 0.3) is 0 Å².